The van der Waals surface area contributed by atoms with E-state index < -0.39 is 17.6 Å². The summed E-state index contributed by atoms with van der Waals surface area (Å²) in [6.45, 7) is 1.91. The molecule has 0 atom stereocenters. The minimum absolute atomic E-state index is 0.387. The third-order valence-corrected chi connectivity index (χ3v) is 3.10. The third kappa shape index (κ3) is 3.90. The zero-order valence-corrected chi connectivity index (χ0v) is 11.9. The fourth-order valence-electron chi connectivity index (χ4n) is 2.14. The standard InChI is InChI=1S/C16H14BF3NO/c1-17-10-11-5-4-6-12(9-11)21-15(22)13-7-2-3-8-14(13)16(18,19)20/h2-9H,10H2,1H3,(H,21,22). The fraction of sp³-hybridized carbons (Fsp3) is 0.188. The van der Waals surface area contributed by atoms with E-state index in [9.17, 15) is 18.0 Å². The lowest BCUT2D eigenvalue weighted by Crippen LogP contribution is -2.18. The van der Waals surface area contributed by atoms with Crippen molar-refractivity contribution in [2.45, 2.75) is 19.3 Å². The number of halogens is 3. The second-order valence-electron chi connectivity index (χ2n) is 4.81. The number of rotatable bonds is 4. The van der Waals surface area contributed by atoms with Crippen molar-refractivity contribution in [2.75, 3.05) is 5.32 Å². The Labute approximate surface area is 127 Å². The monoisotopic (exact) mass is 304 g/mol. The number of alkyl halides is 3. The smallest absolute Gasteiger partial charge is 0.322 e. The van der Waals surface area contributed by atoms with Gasteiger partial charge in [-0.15, -0.1) is 0 Å². The van der Waals surface area contributed by atoms with Gasteiger partial charge in [0.25, 0.3) is 5.91 Å². The molecule has 1 N–H and O–H groups in total. The summed E-state index contributed by atoms with van der Waals surface area (Å²) in [5.74, 6) is -0.773. The van der Waals surface area contributed by atoms with Gasteiger partial charge in [0.15, 0.2) is 0 Å². The van der Waals surface area contributed by atoms with Crippen LogP contribution in [0.5, 0.6) is 0 Å². The molecular formula is C16H14BF3NO. The summed E-state index contributed by atoms with van der Waals surface area (Å²) < 4.78 is 38.8. The van der Waals surface area contributed by atoms with Crippen LogP contribution in [0.25, 0.3) is 0 Å². The molecule has 6 heteroatoms. The molecule has 0 saturated carbocycles. The maximum absolute atomic E-state index is 12.9. The number of carbonyl (C=O) groups excluding carboxylic acids is 1. The van der Waals surface area contributed by atoms with Gasteiger partial charge in [0.2, 0.25) is 0 Å². The first kappa shape index (κ1) is 16.1. The number of anilines is 1. The Morgan fingerprint density at radius 3 is 2.55 bits per heavy atom. The van der Waals surface area contributed by atoms with Crippen LogP contribution in [0.4, 0.5) is 18.9 Å². The number of hydrogen-bond donors (Lipinski definition) is 1. The van der Waals surface area contributed by atoms with Crippen LogP contribution in [0, 0.1) is 0 Å². The predicted molar refractivity (Wildman–Crippen MR) is 81.2 cm³/mol. The first-order valence-electron chi connectivity index (χ1n) is 6.76. The van der Waals surface area contributed by atoms with Gasteiger partial charge in [-0.1, -0.05) is 43.0 Å². The molecule has 0 fully saturated rings. The maximum atomic E-state index is 12.9. The summed E-state index contributed by atoms with van der Waals surface area (Å²) in [6, 6.07) is 11.8. The molecule has 0 aliphatic heterocycles. The van der Waals surface area contributed by atoms with Gasteiger partial charge in [-0.2, -0.15) is 13.2 Å². The molecule has 1 amide bonds. The van der Waals surface area contributed by atoms with Crippen molar-refractivity contribution in [2.24, 2.45) is 0 Å². The van der Waals surface area contributed by atoms with Crippen molar-refractivity contribution in [1.29, 1.82) is 0 Å². The maximum Gasteiger partial charge on any atom is 0.417 e. The Hall–Kier alpha value is -2.24. The molecule has 0 aliphatic rings. The fourth-order valence-corrected chi connectivity index (χ4v) is 2.14. The number of benzene rings is 2. The van der Waals surface area contributed by atoms with E-state index in [0.717, 1.165) is 17.9 Å². The van der Waals surface area contributed by atoms with Crippen LogP contribution in [0.15, 0.2) is 48.5 Å². The molecule has 0 spiro atoms. The molecule has 0 saturated heterocycles. The quantitative estimate of drug-likeness (QED) is 0.842. The van der Waals surface area contributed by atoms with Crippen LogP contribution >= 0.6 is 0 Å². The summed E-state index contributed by atoms with van der Waals surface area (Å²) >= 11 is 0. The Bertz CT molecular complexity index is 670. The van der Waals surface area contributed by atoms with Gasteiger partial charge in [-0.05, 0) is 24.3 Å². The highest BCUT2D eigenvalue weighted by atomic mass is 19.4. The molecule has 0 aromatic heterocycles. The molecule has 22 heavy (non-hydrogen) atoms. The number of amides is 1. The van der Waals surface area contributed by atoms with Crippen LogP contribution in [0.2, 0.25) is 6.82 Å². The van der Waals surface area contributed by atoms with Crippen molar-refractivity contribution in [1.82, 2.24) is 0 Å². The normalized spacial score (nSPS) is 11.1. The summed E-state index contributed by atoms with van der Waals surface area (Å²) in [5.41, 5.74) is 0.124. The third-order valence-electron chi connectivity index (χ3n) is 3.10. The van der Waals surface area contributed by atoms with Gasteiger partial charge in [-0.25, -0.2) is 0 Å². The summed E-state index contributed by atoms with van der Waals surface area (Å²) in [4.78, 5) is 12.1. The van der Waals surface area contributed by atoms with E-state index in [1.807, 2.05) is 20.2 Å². The molecule has 0 aliphatic carbocycles. The molecule has 2 nitrogen and oxygen atoms in total. The predicted octanol–water partition coefficient (Wildman–Crippen LogP) is 4.21. The van der Waals surface area contributed by atoms with Crippen LogP contribution in [-0.2, 0) is 12.5 Å². The van der Waals surface area contributed by atoms with E-state index in [1.165, 1.54) is 18.2 Å². The molecule has 1 radical (unpaired) electrons. The second-order valence-corrected chi connectivity index (χ2v) is 4.81. The average molecular weight is 304 g/mol. The SMILES string of the molecule is C[B]Cc1cccc(NC(=O)c2ccccc2C(F)(F)F)c1. The van der Waals surface area contributed by atoms with E-state index in [0.29, 0.717) is 5.69 Å². The van der Waals surface area contributed by atoms with E-state index in [2.05, 4.69) is 5.32 Å². The lowest BCUT2D eigenvalue weighted by molar-refractivity contribution is -0.137. The van der Waals surface area contributed by atoms with E-state index in [1.54, 1.807) is 18.2 Å². The Morgan fingerprint density at radius 1 is 1.14 bits per heavy atom. The van der Waals surface area contributed by atoms with Gasteiger partial charge in [0.05, 0.1) is 11.1 Å². The van der Waals surface area contributed by atoms with Crippen LogP contribution in [0.1, 0.15) is 21.5 Å². The Kier molecular flexibility index (Phi) is 4.90. The Balaban J connectivity index is 2.25. The lowest BCUT2D eigenvalue weighted by atomic mass is 9.75. The molecule has 0 heterocycles. The Morgan fingerprint density at radius 2 is 1.86 bits per heavy atom. The average Bonchev–Trinajstić information content (AvgIpc) is 2.47. The highest BCUT2D eigenvalue weighted by Gasteiger charge is 2.34. The largest absolute Gasteiger partial charge is 0.417 e. The van der Waals surface area contributed by atoms with E-state index in [4.69, 9.17) is 0 Å². The van der Waals surface area contributed by atoms with Gasteiger partial charge in [0.1, 0.15) is 7.28 Å². The van der Waals surface area contributed by atoms with E-state index in [-0.39, 0.29) is 5.56 Å². The van der Waals surface area contributed by atoms with Crippen molar-refractivity contribution < 1.29 is 18.0 Å². The van der Waals surface area contributed by atoms with Crippen molar-refractivity contribution in [3.63, 3.8) is 0 Å². The molecule has 0 bridgehead atoms. The van der Waals surface area contributed by atoms with E-state index >= 15 is 0 Å². The van der Waals surface area contributed by atoms with Gasteiger partial charge in [-0.3, -0.25) is 4.79 Å². The molecular weight excluding hydrogens is 290 g/mol. The lowest BCUT2D eigenvalue weighted by Gasteiger charge is -2.13. The minimum atomic E-state index is -4.56. The second kappa shape index (κ2) is 6.68. The van der Waals surface area contributed by atoms with Crippen molar-refractivity contribution in [3.05, 3.63) is 65.2 Å². The van der Waals surface area contributed by atoms with Crippen molar-refractivity contribution >= 4 is 18.9 Å². The summed E-state index contributed by atoms with van der Waals surface area (Å²) in [5, 5.41) is 2.52. The van der Waals surface area contributed by atoms with Gasteiger partial charge < -0.3 is 5.32 Å². The van der Waals surface area contributed by atoms with Crippen molar-refractivity contribution in [3.8, 4) is 0 Å². The molecule has 2 aromatic carbocycles. The zero-order valence-electron chi connectivity index (χ0n) is 11.9. The topological polar surface area (TPSA) is 29.1 Å². The number of nitrogens with one attached hydrogen (secondary N) is 1. The first-order valence-corrected chi connectivity index (χ1v) is 6.76. The van der Waals surface area contributed by atoms with Crippen LogP contribution < -0.4 is 5.32 Å². The number of carbonyl (C=O) groups is 1. The molecule has 2 aromatic rings. The first-order chi connectivity index (χ1) is 10.4. The molecule has 0 unspecified atom stereocenters. The van der Waals surface area contributed by atoms with Gasteiger partial charge in [0, 0.05) is 5.69 Å². The van der Waals surface area contributed by atoms with Gasteiger partial charge >= 0.3 is 6.18 Å². The summed E-state index contributed by atoms with van der Waals surface area (Å²) in [6.07, 6.45) is -3.84. The highest BCUT2D eigenvalue weighted by molar-refractivity contribution is 6.32. The zero-order chi connectivity index (χ0) is 16.2. The molecule has 113 valence electrons. The van der Waals surface area contributed by atoms with Crippen LogP contribution in [0.3, 0.4) is 0 Å². The highest BCUT2D eigenvalue weighted by Crippen LogP contribution is 2.32. The van der Waals surface area contributed by atoms with Crippen LogP contribution in [-0.4, -0.2) is 13.2 Å². The number of hydrogen-bond acceptors (Lipinski definition) is 1. The minimum Gasteiger partial charge on any atom is -0.322 e. The summed E-state index contributed by atoms with van der Waals surface area (Å²) in [7, 11) is 1.96. The molecule has 2 rings (SSSR count).